The third-order valence-electron chi connectivity index (χ3n) is 2.40. The lowest BCUT2D eigenvalue weighted by atomic mass is 10.2. The Morgan fingerprint density at radius 2 is 1.84 bits per heavy atom. The number of aryl methyl sites for hydroxylation is 1. The predicted octanol–water partition coefficient (Wildman–Crippen LogP) is 2.94. The molecule has 0 amide bonds. The molecular formula is C11H13BrF3NO2S. The molecule has 0 aliphatic rings. The first-order valence-electron chi connectivity index (χ1n) is 5.37. The third kappa shape index (κ3) is 4.47. The number of nitrogens with zero attached hydrogens (tertiary/aromatic N) is 1. The van der Waals surface area contributed by atoms with Crippen molar-refractivity contribution in [2.45, 2.75) is 18.0 Å². The smallest absolute Gasteiger partial charge is 0.207 e. The maximum Gasteiger partial charge on any atom is 0.402 e. The minimum absolute atomic E-state index is 0.0970. The van der Waals surface area contributed by atoms with E-state index in [4.69, 9.17) is 0 Å². The van der Waals surface area contributed by atoms with Crippen LogP contribution in [0.2, 0.25) is 0 Å². The molecule has 0 bridgehead atoms. The molecule has 0 unspecified atom stereocenters. The van der Waals surface area contributed by atoms with Crippen LogP contribution in [0.1, 0.15) is 5.56 Å². The molecule has 0 saturated heterocycles. The Bertz CT molecular complexity index is 531. The fourth-order valence-corrected chi connectivity index (χ4v) is 3.88. The van der Waals surface area contributed by atoms with E-state index in [2.05, 4.69) is 15.9 Å². The molecule has 0 radical (unpaired) electrons. The summed E-state index contributed by atoms with van der Waals surface area (Å²) in [4.78, 5) is -0.0970. The molecule has 8 heteroatoms. The highest BCUT2D eigenvalue weighted by Gasteiger charge is 2.37. The van der Waals surface area contributed by atoms with Gasteiger partial charge in [-0.25, -0.2) is 8.42 Å². The normalized spacial score (nSPS) is 12.9. The number of alkyl halides is 4. The minimum Gasteiger partial charge on any atom is -0.207 e. The summed E-state index contributed by atoms with van der Waals surface area (Å²) >= 11 is 2.97. The molecule has 1 rings (SSSR count). The van der Waals surface area contributed by atoms with Crippen LogP contribution < -0.4 is 0 Å². The third-order valence-corrected chi connectivity index (χ3v) is 4.76. The van der Waals surface area contributed by atoms with E-state index in [1.807, 2.05) is 0 Å². The van der Waals surface area contributed by atoms with Crippen LogP contribution in [0.4, 0.5) is 13.2 Å². The number of sulfonamides is 1. The van der Waals surface area contributed by atoms with Crippen LogP contribution >= 0.6 is 15.9 Å². The highest BCUT2D eigenvalue weighted by molar-refractivity contribution is 9.09. The van der Waals surface area contributed by atoms with Crippen LogP contribution in [0.5, 0.6) is 0 Å². The molecule has 0 aliphatic heterocycles. The topological polar surface area (TPSA) is 37.4 Å². The maximum atomic E-state index is 12.5. The summed E-state index contributed by atoms with van der Waals surface area (Å²) in [6.45, 7) is -0.182. The Balaban J connectivity index is 3.17. The molecule has 0 aliphatic carbocycles. The van der Waals surface area contributed by atoms with Gasteiger partial charge in [-0.3, -0.25) is 0 Å². The van der Waals surface area contributed by atoms with Gasteiger partial charge in [0.25, 0.3) is 0 Å². The maximum absolute atomic E-state index is 12.5. The van der Waals surface area contributed by atoms with E-state index >= 15 is 0 Å². The second-order valence-electron chi connectivity index (χ2n) is 3.91. The lowest BCUT2D eigenvalue weighted by molar-refractivity contribution is -0.135. The fourth-order valence-electron chi connectivity index (χ4n) is 1.56. The Morgan fingerprint density at radius 1 is 1.26 bits per heavy atom. The quantitative estimate of drug-likeness (QED) is 0.758. The number of benzene rings is 1. The van der Waals surface area contributed by atoms with Crippen LogP contribution in [-0.4, -0.2) is 37.3 Å². The lowest BCUT2D eigenvalue weighted by Gasteiger charge is -2.23. The SMILES string of the molecule is Cc1ccccc1S(=O)(=O)N(CCBr)CC(F)(F)F. The van der Waals surface area contributed by atoms with Crippen molar-refractivity contribution >= 4 is 26.0 Å². The monoisotopic (exact) mass is 359 g/mol. The zero-order valence-electron chi connectivity index (χ0n) is 10.1. The summed E-state index contributed by atoms with van der Waals surface area (Å²) in [5, 5.41) is 0.133. The zero-order chi connectivity index (χ0) is 14.7. The van der Waals surface area contributed by atoms with Gasteiger partial charge >= 0.3 is 6.18 Å². The van der Waals surface area contributed by atoms with Gasteiger partial charge in [-0.15, -0.1) is 0 Å². The molecule has 0 atom stereocenters. The summed E-state index contributed by atoms with van der Waals surface area (Å²) in [6, 6.07) is 5.97. The molecule has 0 N–H and O–H groups in total. The molecule has 19 heavy (non-hydrogen) atoms. The summed E-state index contributed by atoms with van der Waals surface area (Å²) in [5.41, 5.74) is 0.421. The van der Waals surface area contributed by atoms with Gasteiger partial charge < -0.3 is 0 Å². The van der Waals surface area contributed by atoms with E-state index < -0.39 is 22.7 Å². The Kier molecular flexibility index (Phi) is 5.40. The number of rotatable bonds is 5. The van der Waals surface area contributed by atoms with Crippen molar-refractivity contribution in [2.24, 2.45) is 0 Å². The van der Waals surface area contributed by atoms with E-state index in [-0.39, 0.29) is 16.8 Å². The van der Waals surface area contributed by atoms with Gasteiger partial charge in [-0.05, 0) is 18.6 Å². The van der Waals surface area contributed by atoms with E-state index in [1.165, 1.54) is 12.1 Å². The zero-order valence-corrected chi connectivity index (χ0v) is 12.5. The van der Waals surface area contributed by atoms with E-state index in [0.717, 1.165) is 0 Å². The van der Waals surface area contributed by atoms with Crippen molar-refractivity contribution in [3.05, 3.63) is 29.8 Å². The van der Waals surface area contributed by atoms with Crippen molar-refractivity contribution in [1.29, 1.82) is 0 Å². The van der Waals surface area contributed by atoms with E-state index in [9.17, 15) is 21.6 Å². The highest BCUT2D eigenvalue weighted by atomic mass is 79.9. The molecule has 0 aromatic heterocycles. The van der Waals surface area contributed by atoms with Crippen LogP contribution in [0, 0.1) is 6.92 Å². The minimum atomic E-state index is -4.57. The number of hydrogen-bond donors (Lipinski definition) is 0. The molecule has 108 valence electrons. The molecule has 1 aromatic carbocycles. The summed E-state index contributed by atoms with van der Waals surface area (Å²) in [5.74, 6) is 0. The molecule has 0 saturated carbocycles. The molecule has 3 nitrogen and oxygen atoms in total. The fraction of sp³-hybridized carbons (Fsp3) is 0.455. The van der Waals surface area contributed by atoms with Gasteiger partial charge in [-0.2, -0.15) is 17.5 Å². The van der Waals surface area contributed by atoms with Crippen LogP contribution in [0.3, 0.4) is 0 Å². The van der Waals surface area contributed by atoms with Gasteiger partial charge in [0.15, 0.2) is 0 Å². The first-order valence-corrected chi connectivity index (χ1v) is 7.93. The average Bonchev–Trinajstić information content (AvgIpc) is 2.27. The van der Waals surface area contributed by atoms with E-state index in [0.29, 0.717) is 9.87 Å². The summed E-state index contributed by atoms with van der Waals surface area (Å²) in [6.07, 6.45) is -4.57. The van der Waals surface area contributed by atoms with Crippen molar-refractivity contribution in [2.75, 3.05) is 18.4 Å². The van der Waals surface area contributed by atoms with E-state index in [1.54, 1.807) is 19.1 Å². The summed E-state index contributed by atoms with van der Waals surface area (Å²) in [7, 11) is -4.14. The Morgan fingerprint density at radius 3 is 2.32 bits per heavy atom. The van der Waals surface area contributed by atoms with Gasteiger partial charge in [-0.1, -0.05) is 34.1 Å². The largest absolute Gasteiger partial charge is 0.402 e. The average molecular weight is 360 g/mol. The standard InChI is InChI=1S/C11H13BrF3NO2S/c1-9-4-2-3-5-10(9)19(17,18)16(7-6-12)8-11(13,14)15/h2-5H,6-8H2,1H3. The van der Waals surface area contributed by atoms with Gasteiger partial charge in [0, 0.05) is 11.9 Å². The van der Waals surface area contributed by atoms with Crippen molar-refractivity contribution < 1.29 is 21.6 Å². The molecule has 1 aromatic rings. The lowest BCUT2D eigenvalue weighted by Crippen LogP contribution is -2.40. The van der Waals surface area contributed by atoms with Gasteiger partial charge in [0.05, 0.1) is 4.90 Å². The van der Waals surface area contributed by atoms with Gasteiger partial charge in [0.1, 0.15) is 6.54 Å². The van der Waals surface area contributed by atoms with Crippen molar-refractivity contribution in [3.63, 3.8) is 0 Å². The van der Waals surface area contributed by atoms with Crippen LogP contribution in [0.25, 0.3) is 0 Å². The van der Waals surface area contributed by atoms with Crippen LogP contribution in [0.15, 0.2) is 29.2 Å². The highest BCUT2D eigenvalue weighted by Crippen LogP contribution is 2.24. The molecular weight excluding hydrogens is 347 g/mol. The van der Waals surface area contributed by atoms with Crippen LogP contribution in [-0.2, 0) is 10.0 Å². The van der Waals surface area contributed by atoms with Gasteiger partial charge in [0.2, 0.25) is 10.0 Å². The second-order valence-corrected chi connectivity index (χ2v) is 6.61. The summed E-state index contributed by atoms with van der Waals surface area (Å²) < 4.78 is 62.2. The number of halogens is 4. The Labute approximate surface area is 118 Å². The molecule has 0 fully saturated rings. The first kappa shape index (κ1) is 16.5. The molecule has 0 heterocycles. The second kappa shape index (κ2) is 6.23. The van der Waals surface area contributed by atoms with Crippen molar-refractivity contribution in [3.8, 4) is 0 Å². The molecule has 0 spiro atoms. The van der Waals surface area contributed by atoms with Crippen molar-refractivity contribution in [1.82, 2.24) is 4.31 Å². The Hall–Kier alpha value is -0.600. The first-order chi connectivity index (χ1) is 8.68. The predicted molar refractivity (Wildman–Crippen MR) is 69.8 cm³/mol. The number of hydrogen-bond acceptors (Lipinski definition) is 2.